The second-order valence-electron chi connectivity index (χ2n) is 6.35. The van der Waals surface area contributed by atoms with E-state index in [1.165, 1.54) is 23.1 Å². The fourth-order valence-corrected chi connectivity index (χ4v) is 5.67. The molecule has 9 heteroatoms. The van der Waals surface area contributed by atoms with Crippen LogP contribution >= 0.6 is 34.4 Å². The molecule has 0 fully saturated rings. The fourth-order valence-electron chi connectivity index (χ4n) is 2.87. The summed E-state index contributed by atoms with van der Waals surface area (Å²) in [6.07, 6.45) is 0.779. The molecule has 0 saturated carbocycles. The van der Waals surface area contributed by atoms with Crippen molar-refractivity contribution in [2.45, 2.75) is 44.1 Å². The van der Waals surface area contributed by atoms with Crippen molar-refractivity contribution in [2.24, 2.45) is 0 Å². The minimum atomic E-state index is -0.346. The number of carbonyl (C=O) groups excluding carboxylic acids is 1. The molecule has 3 heterocycles. The van der Waals surface area contributed by atoms with E-state index in [9.17, 15) is 9.59 Å². The first-order chi connectivity index (χ1) is 14.1. The zero-order valence-electron chi connectivity index (χ0n) is 16.8. The van der Waals surface area contributed by atoms with Crippen LogP contribution in [0.4, 0.5) is 0 Å². The third kappa shape index (κ3) is 5.09. The van der Waals surface area contributed by atoms with Crippen molar-refractivity contribution in [1.29, 1.82) is 0 Å². The van der Waals surface area contributed by atoms with Gasteiger partial charge < -0.3 is 10.1 Å². The Kier molecular flexibility index (Phi) is 7.88. The molecule has 156 valence electrons. The number of amides is 1. The number of rotatable bonds is 10. The van der Waals surface area contributed by atoms with Crippen LogP contribution in [0.1, 0.15) is 27.2 Å². The van der Waals surface area contributed by atoms with E-state index in [0.717, 1.165) is 21.7 Å². The number of ether oxygens (including phenoxy) is 1. The quantitative estimate of drug-likeness (QED) is 0.284. The van der Waals surface area contributed by atoms with E-state index in [1.807, 2.05) is 43.7 Å². The molecule has 0 spiro atoms. The molecule has 1 unspecified atom stereocenters. The molecule has 0 aliphatic carbocycles. The summed E-state index contributed by atoms with van der Waals surface area (Å²) < 4.78 is 6.94. The molecule has 1 N–H and O–H groups in total. The van der Waals surface area contributed by atoms with E-state index in [-0.39, 0.29) is 16.7 Å². The molecule has 3 aromatic rings. The standard InChI is InChI=1S/C20H25N3O3S3/c1-4-23-19(25)16-14(15-8-6-11-27-15)12-28-18(16)22-20(23)29-13(3)17(24)21-9-7-10-26-5-2/h6,8,11-13H,4-5,7,9-10H2,1-3H3,(H,21,24). The monoisotopic (exact) mass is 451 g/mol. The Morgan fingerprint density at radius 3 is 2.90 bits per heavy atom. The van der Waals surface area contributed by atoms with Gasteiger partial charge >= 0.3 is 0 Å². The molecule has 0 radical (unpaired) electrons. The minimum absolute atomic E-state index is 0.0472. The van der Waals surface area contributed by atoms with Gasteiger partial charge in [-0.3, -0.25) is 14.2 Å². The van der Waals surface area contributed by atoms with Crippen LogP contribution in [0.5, 0.6) is 0 Å². The molecular weight excluding hydrogens is 426 g/mol. The first-order valence-corrected chi connectivity index (χ1v) is 12.3. The predicted molar refractivity (Wildman–Crippen MR) is 122 cm³/mol. The van der Waals surface area contributed by atoms with Crippen LogP contribution in [0.2, 0.25) is 0 Å². The molecule has 3 aromatic heterocycles. The number of nitrogens with zero attached hydrogens (tertiary/aromatic N) is 2. The maximum absolute atomic E-state index is 13.2. The second kappa shape index (κ2) is 10.4. The zero-order valence-corrected chi connectivity index (χ0v) is 19.2. The Morgan fingerprint density at radius 1 is 1.38 bits per heavy atom. The number of carbonyl (C=O) groups is 1. The number of thiophene rings is 2. The highest BCUT2D eigenvalue weighted by Gasteiger charge is 2.21. The molecule has 1 amide bonds. The summed E-state index contributed by atoms with van der Waals surface area (Å²) in [5.41, 5.74) is 0.894. The molecule has 3 rings (SSSR count). The van der Waals surface area contributed by atoms with E-state index >= 15 is 0 Å². The van der Waals surface area contributed by atoms with Crippen LogP contribution in [-0.2, 0) is 16.1 Å². The molecule has 6 nitrogen and oxygen atoms in total. The van der Waals surface area contributed by atoms with E-state index < -0.39 is 0 Å². The average Bonchev–Trinajstić information content (AvgIpc) is 3.37. The second-order valence-corrected chi connectivity index (χ2v) is 9.47. The molecule has 0 saturated heterocycles. The normalized spacial score (nSPS) is 12.4. The lowest BCUT2D eigenvalue weighted by Crippen LogP contribution is -2.33. The van der Waals surface area contributed by atoms with Crippen molar-refractivity contribution in [3.63, 3.8) is 0 Å². The van der Waals surface area contributed by atoms with Crippen molar-refractivity contribution >= 4 is 50.6 Å². The van der Waals surface area contributed by atoms with E-state index in [2.05, 4.69) is 5.32 Å². The van der Waals surface area contributed by atoms with Crippen LogP contribution in [0.15, 0.2) is 32.8 Å². The van der Waals surface area contributed by atoms with E-state index in [1.54, 1.807) is 15.9 Å². The molecular formula is C20H25N3O3S3. The molecule has 29 heavy (non-hydrogen) atoms. The van der Waals surface area contributed by atoms with Gasteiger partial charge in [-0.15, -0.1) is 22.7 Å². The summed E-state index contributed by atoms with van der Waals surface area (Å²) in [6, 6.07) is 4.00. The van der Waals surface area contributed by atoms with Gasteiger partial charge in [0.25, 0.3) is 5.56 Å². The van der Waals surface area contributed by atoms with E-state index in [4.69, 9.17) is 9.72 Å². The predicted octanol–water partition coefficient (Wildman–Crippen LogP) is 4.23. The number of aromatic nitrogens is 2. The zero-order chi connectivity index (χ0) is 20.8. The number of hydrogen-bond donors (Lipinski definition) is 1. The Bertz CT molecular complexity index is 1010. The van der Waals surface area contributed by atoms with Crippen LogP contribution < -0.4 is 10.9 Å². The van der Waals surface area contributed by atoms with Crippen molar-refractivity contribution in [3.8, 4) is 10.4 Å². The highest BCUT2D eigenvalue weighted by atomic mass is 32.2. The van der Waals surface area contributed by atoms with Gasteiger partial charge in [0, 0.05) is 42.1 Å². The van der Waals surface area contributed by atoms with Crippen LogP contribution in [0.3, 0.4) is 0 Å². The Hall–Kier alpha value is -1.68. The fraction of sp³-hybridized carbons (Fsp3) is 0.450. The van der Waals surface area contributed by atoms with Gasteiger partial charge in [0.15, 0.2) is 5.16 Å². The van der Waals surface area contributed by atoms with Gasteiger partial charge in [-0.1, -0.05) is 17.8 Å². The number of fused-ring (bicyclic) bond motifs is 1. The average molecular weight is 452 g/mol. The van der Waals surface area contributed by atoms with Crippen molar-refractivity contribution in [3.05, 3.63) is 33.2 Å². The van der Waals surface area contributed by atoms with Gasteiger partial charge in [-0.05, 0) is 38.6 Å². The topological polar surface area (TPSA) is 73.2 Å². The number of nitrogens with one attached hydrogen (secondary N) is 1. The van der Waals surface area contributed by atoms with Crippen molar-refractivity contribution in [2.75, 3.05) is 19.8 Å². The van der Waals surface area contributed by atoms with Crippen LogP contribution in [-0.4, -0.2) is 40.5 Å². The summed E-state index contributed by atoms with van der Waals surface area (Å²) >= 11 is 4.41. The summed E-state index contributed by atoms with van der Waals surface area (Å²) in [4.78, 5) is 32.1. The first-order valence-electron chi connectivity index (χ1n) is 9.64. The number of hydrogen-bond acceptors (Lipinski definition) is 7. The minimum Gasteiger partial charge on any atom is -0.382 e. The van der Waals surface area contributed by atoms with Gasteiger partial charge in [0.2, 0.25) is 5.91 Å². The van der Waals surface area contributed by atoms with Crippen molar-refractivity contribution in [1.82, 2.24) is 14.9 Å². The van der Waals surface area contributed by atoms with Gasteiger partial charge in [0.05, 0.1) is 10.6 Å². The smallest absolute Gasteiger partial charge is 0.263 e. The van der Waals surface area contributed by atoms with Crippen LogP contribution in [0, 0.1) is 0 Å². The van der Waals surface area contributed by atoms with E-state index in [0.29, 0.717) is 36.8 Å². The summed E-state index contributed by atoms with van der Waals surface area (Å²) in [6.45, 7) is 8.11. The third-order valence-electron chi connectivity index (χ3n) is 4.38. The Morgan fingerprint density at radius 2 is 2.21 bits per heavy atom. The van der Waals surface area contributed by atoms with Gasteiger partial charge in [-0.2, -0.15) is 0 Å². The molecule has 0 aliphatic rings. The molecule has 0 bridgehead atoms. The molecule has 0 aromatic carbocycles. The lowest BCUT2D eigenvalue weighted by Gasteiger charge is -2.15. The van der Waals surface area contributed by atoms with Crippen LogP contribution in [0.25, 0.3) is 20.7 Å². The summed E-state index contributed by atoms with van der Waals surface area (Å²) in [7, 11) is 0. The van der Waals surface area contributed by atoms with Gasteiger partial charge in [-0.25, -0.2) is 4.98 Å². The van der Waals surface area contributed by atoms with Gasteiger partial charge in [0.1, 0.15) is 4.83 Å². The van der Waals surface area contributed by atoms with Crippen molar-refractivity contribution < 1.29 is 9.53 Å². The maximum Gasteiger partial charge on any atom is 0.263 e. The molecule has 1 atom stereocenters. The lowest BCUT2D eigenvalue weighted by atomic mass is 10.2. The highest BCUT2D eigenvalue weighted by molar-refractivity contribution is 8.00. The largest absolute Gasteiger partial charge is 0.382 e. The maximum atomic E-state index is 13.2. The molecule has 0 aliphatic heterocycles. The lowest BCUT2D eigenvalue weighted by molar-refractivity contribution is -0.120. The summed E-state index contributed by atoms with van der Waals surface area (Å²) in [5.74, 6) is -0.0612. The first kappa shape index (κ1) is 22.0. The Balaban J connectivity index is 1.79. The highest BCUT2D eigenvalue weighted by Crippen LogP contribution is 2.35. The SMILES string of the molecule is CCOCCCNC(=O)C(C)Sc1nc2scc(-c3cccs3)c2c(=O)n1CC. The summed E-state index contributed by atoms with van der Waals surface area (Å²) in [5, 5.41) is 7.82. The number of thioether (sulfide) groups is 1. The Labute approximate surface area is 182 Å². The third-order valence-corrected chi connectivity index (χ3v) is 7.25.